The Morgan fingerprint density at radius 2 is 1.89 bits per heavy atom. The molecule has 35 heavy (non-hydrogen) atoms. The van der Waals surface area contributed by atoms with Gasteiger partial charge in [-0.05, 0) is 37.3 Å². The molecule has 0 fully saturated rings. The van der Waals surface area contributed by atoms with E-state index in [4.69, 9.17) is 16.0 Å². The van der Waals surface area contributed by atoms with E-state index in [2.05, 4.69) is 32.0 Å². The number of nitrogens with one attached hydrogen (secondary N) is 3. The molecule has 0 bridgehead atoms. The van der Waals surface area contributed by atoms with E-state index in [1.807, 2.05) is 0 Å². The van der Waals surface area contributed by atoms with E-state index in [9.17, 15) is 9.00 Å². The fourth-order valence-electron chi connectivity index (χ4n) is 2.98. The lowest BCUT2D eigenvalue weighted by molar-refractivity contribution is 0.0365. The van der Waals surface area contributed by atoms with Crippen molar-refractivity contribution in [2.24, 2.45) is 0 Å². The number of anilines is 5. The first-order valence-electron chi connectivity index (χ1n) is 10.5. The van der Waals surface area contributed by atoms with E-state index in [0.717, 1.165) is 0 Å². The van der Waals surface area contributed by atoms with Crippen LogP contribution in [0.2, 0.25) is 0 Å². The Morgan fingerprint density at radius 3 is 2.51 bits per heavy atom. The van der Waals surface area contributed by atoms with E-state index in [1.54, 1.807) is 74.2 Å². The molecular formula is C24H26N6O4S. The summed E-state index contributed by atoms with van der Waals surface area (Å²) in [6.07, 6.45) is 10.1. The molecule has 0 aliphatic carbocycles. The first-order valence-corrected chi connectivity index (χ1v) is 12.0. The SMILES string of the molecule is C#Cc1ccc(Nc2cc(Nc3ccc(OC)cn3)ncc2C(=O)NOCC)c(N(C)S(C)=O)c1. The molecule has 3 rings (SSSR count). The van der Waals surface area contributed by atoms with Crippen LogP contribution >= 0.6 is 0 Å². The summed E-state index contributed by atoms with van der Waals surface area (Å²) < 4.78 is 18.9. The van der Waals surface area contributed by atoms with Gasteiger partial charge >= 0.3 is 0 Å². The predicted octanol–water partition coefficient (Wildman–Crippen LogP) is 3.36. The molecular weight excluding hydrogens is 468 g/mol. The molecule has 3 aromatic rings. The lowest BCUT2D eigenvalue weighted by atomic mass is 10.1. The van der Waals surface area contributed by atoms with Crippen LogP contribution in [-0.2, 0) is 15.8 Å². The Kier molecular flexibility index (Phi) is 8.61. The number of carbonyl (C=O) groups is 1. The minimum Gasteiger partial charge on any atom is -0.495 e. The number of terminal acetylenes is 1. The van der Waals surface area contributed by atoms with Gasteiger partial charge < -0.3 is 15.4 Å². The molecule has 1 atom stereocenters. The maximum atomic E-state index is 12.7. The van der Waals surface area contributed by atoms with Gasteiger partial charge in [-0.1, -0.05) is 5.92 Å². The van der Waals surface area contributed by atoms with Crippen molar-refractivity contribution < 1.29 is 18.6 Å². The van der Waals surface area contributed by atoms with E-state index in [1.165, 1.54) is 6.20 Å². The minimum atomic E-state index is -1.31. The number of aromatic nitrogens is 2. The van der Waals surface area contributed by atoms with Gasteiger partial charge in [0.1, 0.15) is 28.4 Å². The zero-order valence-electron chi connectivity index (χ0n) is 19.8. The lowest BCUT2D eigenvalue weighted by Crippen LogP contribution is -2.25. The quantitative estimate of drug-likeness (QED) is 0.290. The summed E-state index contributed by atoms with van der Waals surface area (Å²) in [6, 6.07) is 10.4. The first-order chi connectivity index (χ1) is 16.9. The van der Waals surface area contributed by atoms with Crippen LogP contribution in [0.1, 0.15) is 22.8 Å². The van der Waals surface area contributed by atoms with Crippen LogP contribution in [0.25, 0.3) is 0 Å². The van der Waals surface area contributed by atoms with Crippen LogP contribution in [0.3, 0.4) is 0 Å². The highest BCUT2D eigenvalue weighted by Crippen LogP contribution is 2.32. The molecule has 0 spiro atoms. The van der Waals surface area contributed by atoms with Gasteiger partial charge in [-0.2, -0.15) is 0 Å². The largest absolute Gasteiger partial charge is 0.495 e. The summed E-state index contributed by atoms with van der Waals surface area (Å²) in [5.74, 6) is 3.69. The summed E-state index contributed by atoms with van der Waals surface area (Å²) in [5.41, 5.74) is 4.86. The molecule has 182 valence electrons. The zero-order valence-corrected chi connectivity index (χ0v) is 20.6. The molecule has 0 radical (unpaired) electrons. The molecule has 2 heterocycles. The van der Waals surface area contributed by atoms with Gasteiger partial charge in [-0.15, -0.1) is 6.42 Å². The predicted molar refractivity (Wildman–Crippen MR) is 138 cm³/mol. The van der Waals surface area contributed by atoms with Crippen LogP contribution in [0.15, 0.2) is 48.8 Å². The number of benzene rings is 1. The van der Waals surface area contributed by atoms with Gasteiger partial charge in [-0.3, -0.25) is 13.9 Å². The summed E-state index contributed by atoms with van der Waals surface area (Å²) in [6.45, 7) is 2.06. The molecule has 3 N–H and O–H groups in total. The molecule has 11 heteroatoms. The Balaban J connectivity index is 2.02. The van der Waals surface area contributed by atoms with Crippen molar-refractivity contribution in [3.8, 4) is 18.1 Å². The second-order valence-corrected chi connectivity index (χ2v) is 8.51. The average Bonchev–Trinajstić information content (AvgIpc) is 2.87. The van der Waals surface area contributed by atoms with Crippen LogP contribution in [0.5, 0.6) is 5.75 Å². The van der Waals surface area contributed by atoms with Crippen molar-refractivity contribution in [3.63, 3.8) is 0 Å². The lowest BCUT2D eigenvalue weighted by Gasteiger charge is -2.22. The Hall–Kier alpha value is -4.14. The van der Waals surface area contributed by atoms with E-state index in [0.29, 0.717) is 46.6 Å². The number of nitrogens with zero attached hydrogens (tertiary/aromatic N) is 3. The minimum absolute atomic E-state index is 0.235. The van der Waals surface area contributed by atoms with Crippen molar-refractivity contribution in [2.75, 3.05) is 42.0 Å². The van der Waals surface area contributed by atoms with Crippen LogP contribution in [0.4, 0.5) is 28.7 Å². The van der Waals surface area contributed by atoms with Crippen molar-refractivity contribution in [2.45, 2.75) is 6.92 Å². The van der Waals surface area contributed by atoms with Gasteiger partial charge in [-0.25, -0.2) is 19.7 Å². The number of pyridine rings is 2. The van der Waals surface area contributed by atoms with Crippen molar-refractivity contribution in [1.29, 1.82) is 0 Å². The van der Waals surface area contributed by atoms with Gasteiger partial charge in [0.05, 0.1) is 42.5 Å². The number of ether oxygens (including phenoxy) is 1. The molecule has 10 nitrogen and oxygen atoms in total. The fraction of sp³-hybridized carbons (Fsp3) is 0.208. The number of hydroxylamine groups is 1. The average molecular weight is 495 g/mol. The molecule has 0 aliphatic heterocycles. The van der Waals surface area contributed by atoms with Crippen LogP contribution in [-0.4, -0.2) is 47.1 Å². The normalized spacial score (nSPS) is 11.2. The molecule has 1 unspecified atom stereocenters. The zero-order chi connectivity index (χ0) is 25.4. The number of rotatable bonds is 10. The Bertz CT molecular complexity index is 1260. The van der Waals surface area contributed by atoms with Crippen molar-refractivity contribution in [1.82, 2.24) is 15.4 Å². The van der Waals surface area contributed by atoms with Crippen molar-refractivity contribution in [3.05, 3.63) is 59.9 Å². The van der Waals surface area contributed by atoms with Crippen LogP contribution in [0, 0.1) is 12.3 Å². The van der Waals surface area contributed by atoms with E-state index >= 15 is 0 Å². The number of hydrogen-bond donors (Lipinski definition) is 3. The number of amides is 1. The highest BCUT2D eigenvalue weighted by molar-refractivity contribution is 7.85. The van der Waals surface area contributed by atoms with Gasteiger partial charge in [0.25, 0.3) is 5.91 Å². The number of carbonyl (C=O) groups excluding carboxylic acids is 1. The first kappa shape index (κ1) is 25.5. The molecule has 1 amide bonds. The third-order valence-corrected chi connectivity index (χ3v) is 5.81. The smallest absolute Gasteiger partial charge is 0.278 e. The van der Waals surface area contributed by atoms with Crippen molar-refractivity contribution >= 4 is 45.6 Å². The topological polar surface area (TPSA) is 118 Å². The van der Waals surface area contributed by atoms with E-state index < -0.39 is 16.9 Å². The number of hydrogen-bond acceptors (Lipinski definition) is 8. The second kappa shape index (κ2) is 11.8. The van der Waals surface area contributed by atoms with Crippen LogP contribution < -0.4 is 25.2 Å². The maximum absolute atomic E-state index is 12.7. The second-order valence-electron chi connectivity index (χ2n) is 7.11. The molecule has 2 aromatic heterocycles. The maximum Gasteiger partial charge on any atom is 0.278 e. The summed E-state index contributed by atoms with van der Waals surface area (Å²) >= 11 is 0. The van der Waals surface area contributed by atoms with Gasteiger partial charge in [0.2, 0.25) is 0 Å². The monoisotopic (exact) mass is 494 g/mol. The fourth-order valence-corrected chi connectivity index (χ4v) is 3.41. The van der Waals surface area contributed by atoms with Gasteiger partial charge in [0.15, 0.2) is 0 Å². The summed E-state index contributed by atoms with van der Waals surface area (Å²) in [4.78, 5) is 26.4. The summed E-state index contributed by atoms with van der Waals surface area (Å²) in [7, 11) is 1.94. The Labute approximate surface area is 206 Å². The number of methoxy groups -OCH3 is 1. The molecule has 0 saturated heterocycles. The third-order valence-electron chi connectivity index (χ3n) is 4.84. The van der Waals surface area contributed by atoms with E-state index in [-0.39, 0.29) is 5.56 Å². The third kappa shape index (κ3) is 6.47. The highest BCUT2D eigenvalue weighted by Gasteiger charge is 2.17. The molecule has 0 saturated carbocycles. The highest BCUT2D eigenvalue weighted by atomic mass is 32.2. The molecule has 1 aromatic carbocycles. The molecule has 0 aliphatic rings. The van der Waals surface area contributed by atoms with Gasteiger partial charge in [0, 0.05) is 31.1 Å². The summed E-state index contributed by atoms with van der Waals surface area (Å²) in [5, 5.41) is 6.35. The standard InChI is InChI=1S/C24H26N6O4S/c1-6-16-8-10-19(21(12-16)30(3)35(5)32)27-20-13-23(26-15-18(20)24(31)29-34-7-2)28-22-11-9-17(33-4)14-25-22/h1,8-15H,7H2,2-5H3,(H,29,31)(H2,25,26,27,28). The Morgan fingerprint density at radius 1 is 1.11 bits per heavy atom.